The minimum atomic E-state index is -0.492. The Kier molecular flexibility index (Phi) is 11.5. The van der Waals surface area contributed by atoms with E-state index in [4.69, 9.17) is 4.42 Å². The summed E-state index contributed by atoms with van der Waals surface area (Å²) in [5.74, 6) is 0.785. The molecular weight excluding hydrogens is 348 g/mol. The largest absolute Gasteiger partial charge is 0.472 e. The smallest absolute Gasteiger partial charge is 0.137 e. The van der Waals surface area contributed by atoms with E-state index in [1.165, 1.54) is 16.7 Å². The first-order valence-electron chi connectivity index (χ1n) is 10.5. The Morgan fingerprint density at radius 3 is 2.21 bits per heavy atom. The predicted octanol–water partition coefficient (Wildman–Crippen LogP) is 7.11. The van der Waals surface area contributed by atoms with Crippen LogP contribution in [0.25, 0.3) is 0 Å². The number of allylic oxidation sites excluding steroid dienone is 5. The van der Waals surface area contributed by atoms with E-state index in [2.05, 4.69) is 52.8 Å². The molecule has 0 aliphatic carbocycles. The predicted molar refractivity (Wildman–Crippen MR) is 117 cm³/mol. The summed E-state index contributed by atoms with van der Waals surface area (Å²) in [4.78, 5) is 11.9. The minimum absolute atomic E-state index is 0.344. The lowest BCUT2D eigenvalue weighted by atomic mass is 10.0. The highest BCUT2D eigenvalue weighted by molar-refractivity contribution is 5.80. The van der Waals surface area contributed by atoms with E-state index in [1.807, 2.05) is 0 Å². The van der Waals surface area contributed by atoms with Crippen molar-refractivity contribution in [2.75, 3.05) is 0 Å². The number of rotatable bonds is 13. The third kappa shape index (κ3) is 11.1. The molecule has 0 aromatic carbocycles. The van der Waals surface area contributed by atoms with Gasteiger partial charge >= 0.3 is 0 Å². The fraction of sp³-hybridized carbons (Fsp3) is 0.560. The van der Waals surface area contributed by atoms with Crippen LogP contribution < -0.4 is 0 Å². The molecule has 0 spiro atoms. The standard InChI is InChI=1S/C25H38O3/c1-19(2)16-24(26)17-22(5)11-7-9-20(3)8-6-10-21(4)12-13-25(27)23-14-15-28-18-23/h8,11-12,14-15,18-19,25,27H,6-7,9-10,13,16-17H2,1-5H3/b20-8+,21-12+,22-11+. The maximum Gasteiger partial charge on any atom is 0.137 e. The third-order valence-electron chi connectivity index (χ3n) is 4.79. The molecule has 0 saturated heterocycles. The van der Waals surface area contributed by atoms with Gasteiger partial charge in [0, 0.05) is 18.4 Å². The molecule has 1 rings (SSSR count). The third-order valence-corrected chi connectivity index (χ3v) is 4.79. The summed E-state index contributed by atoms with van der Waals surface area (Å²) in [6, 6.07) is 1.80. The maximum atomic E-state index is 11.9. The van der Waals surface area contributed by atoms with Gasteiger partial charge in [0.15, 0.2) is 0 Å². The molecule has 1 aromatic heterocycles. The molecule has 156 valence electrons. The quantitative estimate of drug-likeness (QED) is 0.368. The molecule has 1 heterocycles. The Morgan fingerprint density at radius 2 is 1.64 bits per heavy atom. The zero-order valence-corrected chi connectivity index (χ0v) is 18.3. The van der Waals surface area contributed by atoms with Gasteiger partial charge in [0.05, 0.1) is 18.6 Å². The van der Waals surface area contributed by atoms with Crippen LogP contribution in [-0.2, 0) is 4.79 Å². The zero-order chi connectivity index (χ0) is 20.9. The van der Waals surface area contributed by atoms with Crippen molar-refractivity contribution < 1.29 is 14.3 Å². The van der Waals surface area contributed by atoms with Crippen LogP contribution in [-0.4, -0.2) is 10.9 Å². The number of aliphatic hydroxyl groups is 1. The van der Waals surface area contributed by atoms with E-state index < -0.39 is 6.10 Å². The van der Waals surface area contributed by atoms with E-state index >= 15 is 0 Å². The average Bonchev–Trinajstić information content (AvgIpc) is 3.13. The van der Waals surface area contributed by atoms with Gasteiger partial charge in [0.1, 0.15) is 5.78 Å². The van der Waals surface area contributed by atoms with Crippen LogP contribution in [0.2, 0.25) is 0 Å². The van der Waals surface area contributed by atoms with Crippen molar-refractivity contribution in [3.8, 4) is 0 Å². The lowest BCUT2D eigenvalue weighted by Gasteiger charge is -2.06. The van der Waals surface area contributed by atoms with Crippen LogP contribution in [0.4, 0.5) is 0 Å². The second-order valence-corrected chi connectivity index (χ2v) is 8.35. The normalized spacial score (nSPS) is 14.6. The lowest BCUT2D eigenvalue weighted by Crippen LogP contribution is -2.02. The van der Waals surface area contributed by atoms with Crippen LogP contribution >= 0.6 is 0 Å². The van der Waals surface area contributed by atoms with Crippen molar-refractivity contribution in [2.45, 2.75) is 85.7 Å². The second kappa shape index (κ2) is 13.3. The van der Waals surface area contributed by atoms with Gasteiger partial charge in [-0.2, -0.15) is 0 Å². The van der Waals surface area contributed by atoms with Crippen molar-refractivity contribution in [3.05, 3.63) is 59.1 Å². The molecule has 0 amide bonds. The van der Waals surface area contributed by atoms with Crippen LogP contribution in [0, 0.1) is 5.92 Å². The highest BCUT2D eigenvalue weighted by atomic mass is 16.3. The number of carbonyl (C=O) groups excluding carboxylic acids is 1. The van der Waals surface area contributed by atoms with Gasteiger partial charge in [-0.1, -0.05) is 48.8 Å². The summed E-state index contributed by atoms with van der Waals surface area (Å²) < 4.78 is 5.01. The van der Waals surface area contributed by atoms with Crippen LogP contribution in [0.15, 0.2) is 58.0 Å². The molecule has 1 aromatic rings. The molecule has 0 fully saturated rings. The molecule has 0 aliphatic heterocycles. The molecule has 3 nitrogen and oxygen atoms in total. The van der Waals surface area contributed by atoms with Gasteiger partial charge in [-0.15, -0.1) is 0 Å². The van der Waals surface area contributed by atoms with Gasteiger partial charge in [-0.3, -0.25) is 4.79 Å². The molecule has 3 heteroatoms. The Labute approximate surface area is 171 Å². The summed E-state index contributed by atoms with van der Waals surface area (Å²) in [7, 11) is 0. The van der Waals surface area contributed by atoms with Crippen molar-refractivity contribution in [1.29, 1.82) is 0 Å². The summed E-state index contributed by atoms with van der Waals surface area (Å²) in [5, 5.41) is 10.1. The van der Waals surface area contributed by atoms with Gasteiger partial charge in [-0.05, 0) is 64.9 Å². The molecule has 1 N–H and O–H groups in total. The van der Waals surface area contributed by atoms with Crippen LogP contribution in [0.3, 0.4) is 0 Å². The number of hydrogen-bond donors (Lipinski definition) is 1. The van der Waals surface area contributed by atoms with Gasteiger partial charge < -0.3 is 9.52 Å². The zero-order valence-electron chi connectivity index (χ0n) is 18.3. The van der Waals surface area contributed by atoms with E-state index in [0.717, 1.165) is 31.2 Å². The topological polar surface area (TPSA) is 50.4 Å². The van der Waals surface area contributed by atoms with E-state index in [0.29, 0.717) is 31.0 Å². The number of hydrogen-bond acceptors (Lipinski definition) is 3. The van der Waals surface area contributed by atoms with Crippen molar-refractivity contribution in [2.24, 2.45) is 5.92 Å². The van der Waals surface area contributed by atoms with E-state index in [1.54, 1.807) is 18.6 Å². The number of aliphatic hydroxyl groups excluding tert-OH is 1. The number of ketones is 1. The SMILES string of the molecule is C/C(=C\CC/C(C)=C/CC(O)c1ccoc1)CC/C=C(\C)CC(=O)CC(C)C. The van der Waals surface area contributed by atoms with Crippen molar-refractivity contribution >= 4 is 5.78 Å². The highest BCUT2D eigenvalue weighted by Crippen LogP contribution is 2.19. The van der Waals surface area contributed by atoms with Gasteiger partial charge in [0.2, 0.25) is 0 Å². The fourth-order valence-electron chi connectivity index (χ4n) is 3.12. The second-order valence-electron chi connectivity index (χ2n) is 8.35. The van der Waals surface area contributed by atoms with E-state index in [9.17, 15) is 9.90 Å². The lowest BCUT2D eigenvalue weighted by molar-refractivity contribution is -0.119. The molecule has 0 aliphatic rings. The summed E-state index contributed by atoms with van der Waals surface area (Å²) in [5.41, 5.74) is 4.71. The molecule has 1 atom stereocenters. The first-order valence-corrected chi connectivity index (χ1v) is 10.5. The summed E-state index contributed by atoms with van der Waals surface area (Å²) >= 11 is 0. The first-order chi connectivity index (χ1) is 13.3. The average molecular weight is 387 g/mol. The van der Waals surface area contributed by atoms with Gasteiger partial charge in [-0.25, -0.2) is 0 Å². The number of furan rings is 1. The Balaban J connectivity index is 2.27. The molecule has 0 radical (unpaired) electrons. The summed E-state index contributed by atoms with van der Waals surface area (Å²) in [6.07, 6.45) is 15.3. The maximum absolute atomic E-state index is 11.9. The molecule has 0 saturated carbocycles. The van der Waals surface area contributed by atoms with Crippen LogP contribution in [0.1, 0.15) is 91.2 Å². The molecule has 1 unspecified atom stereocenters. The molecule has 0 bridgehead atoms. The fourth-order valence-corrected chi connectivity index (χ4v) is 3.12. The number of Topliss-reactive ketones (excluding diaryl/α,β-unsaturated/α-hetero) is 1. The molecule has 28 heavy (non-hydrogen) atoms. The van der Waals surface area contributed by atoms with Crippen molar-refractivity contribution in [3.63, 3.8) is 0 Å². The van der Waals surface area contributed by atoms with Crippen molar-refractivity contribution in [1.82, 2.24) is 0 Å². The monoisotopic (exact) mass is 386 g/mol. The van der Waals surface area contributed by atoms with Crippen LogP contribution in [0.5, 0.6) is 0 Å². The minimum Gasteiger partial charge on any atom is -0.472 e. The summed E-state index contributed by atoms with van der Waals surface area (Å²) in [6.45, 7) is 10.5. The Bertz CT molecular complexity index is 660. The number of carbonyl (C=O) groups is 1. The molecular formula is C25H38O3. The van der Waals surface area contributed by atoms with Gasteiger partial charge in [0.25, 0.3) is 0 Å². The first kappa shape index (κ1) is 24.2. The Morgan fingerprint density at radius 1 is 1.04 bits per heavy atom. The Hall–Kier alpha value is -1.87. The van der Waals surface area contributed by atoms with E-state index in [-0.39, 0.29) is 0 Å². The highest BCUT2D eigenvalue weighted by Gasteiger charge is 2.07.